The van der Waals surface area contributed by atoms with Gasteiger partial charge in [0.1, 0.15) is 5.82 Å². The number of hydrogen-bond donors (Lipinski definition) is 3. The minimum absolute atomic E-state index is 0.105. The number of aromatic nitrogens is 3. The number of nitrogens with zero attached hydrogens (tertiary/aromatic N) is 2. The van der Waals surface area contributed by atoms with Crippen molar-refractivity contribution < 1.29 is 9.59 Å². The number of thioether (sulfide) groups is 1. The molecule has 0 saturated carbocycles. The molecule has 3 rings (SSSR count). The Bertz CT molecular complexity index is 1000. The van der Waals surface area contributed by atoms with E-state index < -0.39 is 0 Å². The summed E-state index contributed by atoms with van der Waals surface area (Å²) in [6.07, 6.45) is 0. The van der Waals surface area contributed by atoms with E-state index in [2.05, 4.69) is 25.8 Å². The normalized spacial score (nSPS) is 11.9. The predicted octanol–water partition coefficient (Wildman–Crippen LogP) is 3.97. The molecule has 3 N–H and O–H groups in total. The number of anilines is 1. The zero-order valence-corrected chi connectivity index (χ0v) is 18.0. The van der Waals surface area contributed by atoms with Crippen LogP contribution in [-0.2, 0) is 4.79 Å². The lowest BCUT2D eigenvalue weighted by atomic mass is 10.0. The molecule has 2 aromatic carbocycles. The lowest BCUT2D eigenvalue weighted by molar-refractivity contribution is -0.113. The van der Waals surface area contributed by atoms with Crippen molar-refractivity contribution in [3.63, 3.8) is 0 Å². The predicted molar refractivity (Wildman–Crippen MR) is 118 cm³/mol. The fraction of sp³-hybridized carbons (Fsp3) is 0.273. The van der Waals surface area contributed by atoms with Gasteiger partial charge in [-0.25, -0.2) is 4.98 Å². The Kier molecular flexibility index (Phi) is 7.24. The first-order valence-electron chi connectivity index (χ1n) is 9.70. The van der Waals surface area contributed by atoms with Gasteiger partial charge in [-0.15, -0.1) is 5.10 Å². The second-order valence-corrected chi connectivity index (χ2v) is 8.21. The van der Waals surface area contributed by atoms with Gasteiger partial charge in [-0.2, -0.15) is 0 Å². The van der Waals surface area contributed by atoms with Crippen LogP contribution in [0.25, 0.3) is 0 Å². The Morgan fingerprint density at radius 1 is 1.10 bits per heavy atom. The molecule has 0 fully saturated rings. The summed E-state index contributed by atoms with van der Waals surface area (Å²) in [7, 11) is 0. The molecule has 0 spiro atoms. The van der Waals surface area contributed by atoms with E-state index in [1.807, 2.05) is 63.2 Å². The van der Waals surface area contributed by atoms with Crippen LogP contribution in [0.5, 0.6) is 0 Å². The van der Waals surface area contributed by atoms with Crippen molar-refractivity contribution in [3.8, 4) is 0 Å². The number of nitrogens with one attached hydrogen (secondary N) is 3. The Morgan fingerprint density at radius 3 is 2.57 bits per heavy atom. The zero-order valence-electron chi connectivity index (χ0n) is 17.2. The molecule has 1 unspecified atom stereocenters. The highest BCUT2D eigenvalue weighted by Gasteiger charge is 2.23. The number of benzene rings is 2. The van der Waals surface area contributed by atoms with Crippen LogP contribution in [-0.4, -0.2) is 32.7 Å². The van der Waals surface area contributed by atoms with Crippen molar-refractivity contribution >= 4 is 29.3 Å². The molecule has 0 aliphatic heterocycles. The van der Waals surface area contributed by atoms with E-state index in [4.69, 9.17) is 0 Å². The van der Waals surface area contributed by atoms with Crippen LogP contribution in [0, 0.1) is 12.8 Å². The van der Waals surface area contributed by atoms with Crippen LogP contribution in [0.15, 0.2) is 59.8 Å². The molecule has 8 heteroatoms. The maximum absolute atomic E-state index is 12.5. The molecule has 156 valence electrons. The topological polar surface area (TPSA) is 99.8 Å². The van der Waals surface area contributed by atoms with Crippen molar-refractivity contribution in [2.24, 2.45) is 5.92 Å². The van der Waals surface area contributed by atoms with Crippen molar-refractivity contribution in [3.05, 3.63) is 71.5 Å². The molecule has 2 amide bonds. The molecular formula is C22H25N5O2S. The molecule has 0 aliphatic rings. The summed E-state index contributed by atoms with van der Waals surface area (Å²) in [5, 5.41) is 13.4. The lowest BCUT2D eigenvalue weighted by Gasteiger charge is -2.19. The van der Waals surface area contributed by atoms with Crippen LogP contribution >= 0.6 is 11.8 Å². The molecule has 1 heterocycles. The van der Waals surface area contributed by atoms with Gasteiger partial charge in [0.25, 0.3) is 5.91 Å². The molecule has 7 nitrogen and oxygen atoms in total. The highest BCUT2D eigenvalue weighted by Crippen LogP contribution is 2.22. The Labute approximate surface area is 180 Å². The minimum atomic E-state index is -0.319. The third-order valence-corrected chi connectivity index (χ3v) is 5.25. The first-order chi connectivity index (χ1) is 14.4. The largest absolute Gasteiger partial charge is 0.342 e. The van der Waals surface area contributed by atoms with E-state index in [1.165, 1.54) is 11.8 Å². The first kappa shape index (κ1) is 21.6. The number of rotatable bonds is 8. The number of carbonyl (C=O) groups excluding carboxylic acids is 2. The maximum atomic E-state index is 12.5. The number of aryl methyl sites for hydroxylation is 1. The summed E-state index contributed by atoms with van der Waals surface area (Å²) in [5.74, 6) is 0.560. The third-order valence-electron chi connectivity index (χ3n) is 4.40. The Morgan fingerprint density at radius 2 is 1.87 bits per heavy atom. The lowest BCUT2D eigenvalue weighted by Crippen LogP contribution is -2.32. The first-order valence-corrected chi connectivity index (χ1v) is 10.7. The van der Waals surface area contributed by atoms with Gasteiger partial charge >= 0.3 is 0 Å². The molecule has 0 aliphatic carbocycles. The van der Waals surface area contributed by atoms with E-state index in [1.54, 1.807) is 12.1 Å². The molecule has 30 heavy (non-hydrogen) atoms. The van der Waals surface area contributed by atoms with Crippen LogP contribution < -0.4 is 10.6 Å². The van der Waals surface area contributed by atoms with Gasteiger partial charge < -0.3 is 10.6 Å². The van der Waals surface area contributed by atoms with Gasteiger partial charge in [-0.05, 0) is 42.7 Å². The van der Waals surface area contributed by atoms with Gasteiger partial charge in [0.15, 0.2) is 0 Å². The Hall–Kier alpha value is -3.13. The van der Waals surface area contributed by atoms with Crippen molar-refractivity contribution in [1.82, 2.24) is 20.5 Å². The quantitative estimate of drug-likeness (QED) is 0.476. The van der Waals surface area contributed by atoms with E-state index in [9.17, 15) is 9.59 Å². The standard InChI is InChI=1S/C22H25N5O2S/c1-14(2)19(24-21(29)16-9-5-4-6-10-16)20-25-22(27-26-20)30-13-18(28)23-17-11-7-8-15(3)12-17/h4-12,14,19H,13H2,1-3H3,(H,23,28)(H,24,29)(H,25,26,27). The van der Waals surface area contributed by atoms with E-state index in [0.717, 1.165) is 11.3 Å². The molecule has 1 atom stereocenters. The van der Waals surface area contributed by atoms with Crippen LogP contribution in [0.4, 0.5) is 5.69 Å². The highest BCUT2D eigenvalue weighted by molar-refractivity contribution is 7.99. The van der Waals surface area contributed by atoms with Gasteiger partial charge in [0, 0.05) is 11.3 Å². The van der Waals surface area contributed by atoms with Gasteiger partial charge in [0.05, 0.1) is 11.8 Å². The van der Waals surface area contributed by atoms with Crippen molar-refractivity contribution in [1.29, 1.82) is 0 Å². The molecule has 0 bridgehead atoms. The van der Waals surface area contributed by atoms with Gasteiger partial charge in [0.2, 0.25) is 11.1 Å². The number of H-pyrrole nitrogens is 1. The monoisotopic (exact) mass is 423 g/mol. The minimum Gasteiger partial charge on any atom is -0.342 e. The summed E-state index contributed by atoms with van der Waals surface area (Å²) in [6, 6.07) is 16.4. The number of carbonyl (C=O) groups is 2. The van der Waals surface area contributed by atoms with Crippen LogP contribution in [0.1, 0.15) is 41.6 Å². The average molecular weight is 424 g/mol. The van der Waals surface area contributed by atoms with E-state index in [-0.39, 0.29) is 29.5 Å². The summed E-state index contributed by atoms with van der Waals surface area (Å²) in [6.45, 7) is 5.97. The summed E-state index contributed by atoms with van der Waals surface area (Å²) in [5.41, 5.74) is 2.43. The molecule has 3 aromatic rings. The molecule has 0 saturated heterocycles. The van der Waals surface area contributed by atoms with Gasteiger partial charge in [-0.1, -0.05) is 55.9 Å². The van der Waals surface area contributed by atoms with E-state index >= 15 is 0 Å². The second-order valence-electron chi connectivity index (χ2n) is 7.27. The van der Waals surface area contributed by atoms with E-state index in [0.29, 0.717) is 16.5 Å². The average Bonchev–Trinajstić information content (AvgIpc) is 3.19. The fourth-order valence-corrected chi connectivity index (χ4v) is 3.48. The SMILES string of the molecule is Cc1cccc(NC(=O)CSc2n[nH]c(C(NC(=O)c3ccccc3)C(C)C)n2)c1. The highest BCUT2D eigenvalue weighted by atomic mass is 32.2. The Balaban J connectivity index is 1.59. The number of aromatic amines is 1. The van der Waals surface area contributed by atoms with Crippen LogP contribution in [0.3, 0.4) is 0 Å². The van der Waals surface area contributed by atoms with Crippen LogP contribution in [0.2, 0.25) is 0 Å². The molecular weight excluding hydrogens is 398 g/mol. The molecule has 0 radical (unpaired) electrons. The van der Waals surface area contributed by atoms with Crippen molar-refractivity contribution in [2.75, 3.05) is 11.1 Å². The smallest absolute Gasteiger partial charge is 0.251 e. The second kappa shape index (κ2) is 10.1. The molecule has 1 aromatic heterocycles. The van der Waals surface area contributed by atoms with Crippen molar-refractivity contribution in [2.45, 2.75) is 32.0 Å². The van der Waals surface area contributed by atoms with Gasteiger partial charge in [-0.3, -0.25) is 14.7 Å². The summed E-state index contributed by atoms with van der Waals surface area (Å²) in [4.78, 5) is 29.2. The third kappa shape index (κ3) is 5.93. The number of hydrogen-bond acceptors (Lipinski definition) is 5. The summed E-state index contributed by atoms with van der Waals surface area (Å²) < 4.78 is 0. The maximum Gasteiger partial charge on any atom is 0.251 e. The summed E-state index contributed by atoms with van der Waals surface area (Å²) >= 11 is 1.24. The number of amides is 2. The fourth-order valence-electron chi connectivity index (χ4n) is 2.88. The zero-order chi connectivity index (χ0) is 21.5.